The molecule has 1 heterocycles. The summed E-state index contributed by atoms with van der Waals surface area (Å²) in [5.74, 6) is -4.07. The van der Waals surface area contributed by atoms with Crippen LogP contribution in [-0.2, 0) is 26.8 Å². The van der Waals surface area contributed by atoms with E-state index < -0.39 is 39.9 Å². The van der Waals surface area contributed by atoms with Crippen molar-refractivity contribution in [3.8, 4) is 0 Å². The third-order valence-electron chi connectivity index (χ3n) is 2.06. The number of carboxylic acid groups (broad SMARTS) is 1. The Morgan fingerprint density at radius 2 is 2.00 bits per heavy atom. The highest BCUT2D eigenvalue weighted by molar-refractivity contribution is 7.90. The predicted molar refractivity (Wildman–Crippen MR) is 59.1 cm³/mol. The molecule has 0 spiro atoms. The van der Waals surface area contributed by atoms with Crippen molar-refractivity contribution in [3.05, 3.63) is 29.6 Å². The first-order chi connectivity index (χ1) is 8.59. The van der Waals surface area contributed by atoms with Gasteiger partial charge in [-0.3, -0.25) is 9.78 Å². The molecule has 1 aromatic rings. The van der Waals surface area contributed by atoms with Gasteiger partial charge in [-0.15, -0.1) is 0 Å². The van der Waals surface area contributed by atoms with Crippen LogP contribution < -0.4 is 0 Å². The van der Waals surface area contributed by atoms with Crippen molar-refractivity contribution in [2.24, 2.45) is 0 Å². The van der Waals surface area contributed by atoms with Crippen molar-refractivity contribution in [1.82, 2.24) is 4.98 Å². The van der Waals surface area contributed by atoms with Gasteiger partial charge in [0.1, 0.15) is 5.75 Å². The maximum atomic E-state index is 12.1. The molecule has 0 aliphatic rings. The Morgan fingerprint density at radius 1 is 1.37 bits per heavy atom. The Morgan fingerprint density at radius 3 is 2.53 bits per heavy atom. The maximum absolute atomic E-state index is 12.1. The van der Waals surface area contributed by atoms with Crippen LogP contribution in [0.1, 0.15) is 11.3 Å². The quantitative estimate of drug-likeness (QED) is 0.882. The summed E-state index contributed by atoms with van der Waals surface area (Å²) in [4.78, 5) is 14.2. The van der Waals surface area contributed by atoms with Gasteiger partial charge in [0.05, 0.1) is 17.9 Å². The van der Waals surface area contributed by atoms with Gasteiger partial charge in [0.2, 0.25) is 0 Å². The molecule has 0 bridgehead atoms. The average molecular weight is 297 g/mol. The Labute approximate surface area is 107 Å². The Balaban J connectivity index is 2.96. The van der Waals surface area contributed by atoms with Gasteiger partial charge in [0.25, 0.3) is 0 Å². The van der Waals surface area contributed by atoms with E-state index in [1.54, 1.807) is 0 Å². The molecule has 1 aromatic heterocycles. The molecule has 0 amide bonds. The molecule has 5 nitrogen and oxygen atoms in total. The highest BCUT2D eigenvalue weighted by Crippen LogP contribution is 2.20. The smallest absolute Gasteiger partial charge is 0.402 e. The molecule has 0 radical (unpaired) electrons. The van der Waals surface area contributed by atoms with Crippen LogP contribution in [0.2, 0.25) is 0 Å². The zero-order valence-corrected chi connectivity index (χ0v) is 10.3. The van der Waals surface area contributed by atoms with Crippen LogP contribution in [0.3, 0.4) is 0 Å². The van der Waals surface area contributed by atoms with Gasteiger partial charge in [-0.25, -0.2) is 8.42 Å². The van der Waals surface area contributed by atoms with Crippen molar-refractivity contribution in [1.29, 1.82) is 0 Å². The predicted octanol–water partition coefficient (Wildman–Crippen LogP) is 1.19. The van der Waals surface area contributed by atoms with Crippen molar-refractivity contribution in [3.63, 3.8) is 0 Å². The molecule has 0 saturated heterocycles. The Kier molecular flexibility index (Phi) is 4.51. The number of aromatic nitrogens is 1. The fourth-order valence-electron chi connectivity index (χ4n) is 1.44. The second-order valence-electron chi connectivity index (χ2n) is 3.83. The summed E-state index contributed by atoms with van der Waals surface area (Å²) >= 11 is 0. The van der Waals surface area contributed by atoms with Crippen LogP contribution in [0.5, 0.6) is 0 Å². The lowest BCUT2D eigenvalue weighted by atomic mass is 10.2. The van der Waals surface area contributed by atoms with Crippen molar-refractivity contribution >= 4 is 15.8 Å². The summed E-state index contributed by atoms with van der Waals surface area (Å²) < 4.78 is 58.9. The normalized spacial score (nSPS) is 12.4. The molecule has 0 saturated carbocycles. The number of nitrogens with zero attached hydrogens (tertiary/aromatic N) is 1. The molecule has 0 unspecified atom stereocenters. The van der Waals surface area contributed by atoms with Gasteiger partial charge in [0, 0.05) is 6.20 Å². The molecule has 1 rings (SSSR count). The first-order valence-electron chi connectivity index (χ1n) is 5.01. The van der Waals surface area contributed by atoms with E-state index in [0.29, 0.717) is 0 Å². The first-order valence-corrected chi connectivity index (χ1v) is 6.83. The summed E-state index contributed by atoms with van der Waals surface area (Å²) in [7, 11) is -4.41. The van der Waals surface area contributed by atoms with Crippen LogP contribution in [0.15, 0.2) is 18.3 Å². The van der Waals surface area contributed by atoms with Crippen molar-refractivity contribution in [2.45, 2.75) is 18.3 Å². The minimum atomic E-state index is -4.83. The lowest BCUT2D eigenvalue weighted by Crippen LogP contribution is -2.24. The van der Waals surface area contributed by atoms with E-state index in [-0.39, 0.29) is 11.3 Å². The van der Waals surface area contributed by atoms with E-state index in [4.69, 9.17) is 5.11 Å². The van der Waals surface area contributed by atoms with Gasteiger partial charge in [-0.05, 0) is 11.6 Å². The molecule has 0 atom stereocenters. The van der Waals surface area contributed by atoms with Crippen molar-refractivity contribution in [2.75, 3.05) is 5.75 Å². The molecular formula is C10H10F3NO4S. The minimum absolute atomic E-state index is 0.0332. The number of carboxylic acids is 1. The third kappa shape index (κ3) is 5.69. The minimum Gasteiger partial charge on any atom is -0.481 e. The van der Waals surface area contributed by atoms with Crippen LogP contribution in [0.4, 0.5) is 13.2 Å². The largest absolute Gasteiger partial charge is 0.481 e. The molecule has 0 aromatic carbocycles. The SMILES string of the molecule is O=C(O)Cc1ncccc1CS(=O)(=O)CC(F)(F)F. The fourth-order valence-corrected chi connectivity index (χ4v) is 2.78. The van der Waals surface area contributed by atoms with E-state index in [0.717, 1.165) is 0 Å². The standard InChI is InChI=1S/C10H10F3NO4S/c11-10(12,13)6-19(17,18)5-7-2-1-3-14-8(7)4-9(15)16/h1-3H,4-6H2,(H,15,16). The summed E-state index contributed by atoms with van der Waals surface area (Å²) in [5, 5.41) is 8.61. The molecule has 19 heavy (non-hydrogen) atoms. The monoisotopic (exact) mass is 297 g/mol. The van der Waals surface area contributed by atoms with Crippen LogP contribution in [0, 0.1) is 0 Å². The zero-order valence-electron chi connectivity index (χ0n) is 9.51. The van der Waals surface area contributed by atoms with Crippen molar-refractivity contribution < 1.29 is 31.5 Å². The van der Waals surface area contributed by atoms with E-state index in [9.17, 15) is 26.4 Å². The van der Waals surface area contributed by atoms with Gasteiger partial charge in [-0.2, -0.15) is 13.2 Å². The molecule has 9 heteroatoms. The topological polar surface area (TPSA) is 84.3 Å². The van der Waals surface area contributed by atoms with E-state index in [2.05, 4.69) is 4.98 Å². The second-order valence-corrected chi connectivity index (χ2v) is 5.89. The van der Waals surface area contributed by atoms with Crippen LogP contribution in [0.25, 0.3) is 0 Å². The lowest BCUT2D eigenvalue weighted by Gasteiger charge is -2.09. The molecule has 0 fully saturated rings. The number of aliphatic carboxylic acids is 1. The number of rotatable bonds is 5. The maximum Gasteiger partial charge on any atom is 0.402 e. The number of hydrogen-bond donors (Lipinski definition) is 1. The van der Waals surface area contributed by atoms with Gasteiger partial charge in [0.15, 0.2) is 9.84 Å². The number of pyridine rings is 1. The van der Waals surface area contributed by atoms with Gasteiger partial charge < -0.3 is 5.11 Å². The zero-order chi connectivity index (χ0) is 14.7. The lowest BCUT2D eigenvalue weighted by molar-refractivity contribution is -0.136. The fraction of sp³-hybridized carbons (Fsp3) is 0.400. The van der Waals surface area contributed by atoms with Gasteiger partial charge in [-0.1, -0.05) is 6.07 Å². The van der Waals surface area contributed by atoms with E-state index >= 15 is 0 Å². The average Bonchev–Trinajstić information content (AvgIpc) is 2.15. The molecule has 0 aliphatic heterocycles. The number of carbonyl (C=O) groups is 1. The van der Waals surface area contributed by atoms with Crippen LogP contribution >= 0.6 is 0 Å². The highest BCUT2D eigenvalue weighted by atomic mass is 32.2. The summed E-state index contributed by atoms with van der Waals surface area (Å²) in [5.41, 5.74) is -0.0881. The summed E-state index contributed by atoms with van der Waals surface area (Å²) in [6, 6.07) is 2.59. The Bertz CT molecular complexity index is 568. The Hall–Kier alpha value is -1.64. The summed E-state index contributed by atoms with van der Waals surface area (Å²) in [6.07, 6.45) is -4.12. The number of hydrogen-bond acceptors (Lipinski definition) is 4. The van der Waals surface area contributed by atoms with Crippen LogP contribution in [-0.4, -0.2) is 36.4 Å². The molecular weight excluding hydrogens is 287 g/mol. The number of halogens is 3. The molecule has 106 valence electrons. The number of sulfone groups is 1. The third-order valence-corrected chi connectivity index (χ3v) is 3.58. The summed E-state index contributed by atoms with van der Waals surface area (Å²) in [6.45, 7) is 0. The highest BCUT2D eigenvalue weighted by Gasteiger charge is 2.35. The first kappa shape index (κ1) is 15.4. The number of alkyl halides is 3. The van der Waals surface area contributed by atoms with Gasteiger partial charge >= 0.3 is 12.1 Å². The molecule has 0 aliphatic carbocycles. The molecule has 1 N–H and O–H groups in total. The second kappa shape index (κ2) is 5.55. The van der Waals surface area contributed by atoms with E-state index in [1.807, 2.05) is 0 Å². The van der Waals surface area contributed by atoms with E-state index in [1.165, 1.54) is 18.3 Å².